The number of halogens is 1. The van der Waals surface area contributed by atoms with E-state index < -0.39 is 5.60 Å². The van der Waals surface area contributed by atoms with Crippen molar-refractivity contribution in [2.45, 2.75) is 44.1 Å². The molecule has 1 aromatic heterocycles. The number of nitrogens with zero attached hydrogens (tertiary/aromatic N) is 2. The number of hydrogen-bond donors (Lipinski definition) is 2. The number of nitrogens with one attached hydrogen (secondary N) is 1. The SMILES string of the molecule is O=C(CCCc1cn[nH]c1)N1CCCC(O)(COc2ccc(F)cc2)CC1. The second-order valence-corrected chi connectivity index (χ2v) is 7.16. The molecule has 0 bridgehead atoms. The molecule has 1 saturated heterocycles. The Kier molecular flexibility index (Phi) is 6.45. The lowest BCUT2D eigenvalue weighted by Crippen LogP contribution is -2.38. The number of aromatic amines is 1. The topological polar surface area (TPSA) is 78.5 Å². The highest BCUT2D eigenvalue weighted by Crippen LogP contribution is 2.24. The Morgan fingerprint density at radius 1 is 1.30 bits per heavy atom. The molecule has 0 spiro atoms. The molecule has 2 aromatic rings. The van der Waals surface area contributed by atoms with E-state index in [0.717, 1.165) is 24.8 Å². The molecule has 2 N–H and O–H groups in total. The number of amides is 1. The Morgan fingerprint density at radius 2 is 2.11 bits per heavy atom. The largest absolute Gasteiger partial charge is 0.491 e. The third-order valence-corrected chi connectivity index (χ3v) is 5.00. The van der Waals surface area contributed by atoms with Gasteiger partial charge in [-0.25, -0.2) is 4.39 Å². The number of aryl methyl sites for hydroxylation is 1. The molecule has 0 radical (unpaired) electrons. The van der Waals surface area contributed by atoms with Crippen LogP contribution < -0.4 is 4.74 Å². The highest BCUT2D eigenvalue weighted by molar-refractivity contribution is 5.76. The Hall–Kier alpha value is -2.41. The number of hydrogen-bond acceptors (Lipinski definition) is 4. The highest BCUT2D eigenvalue weighted by atomic mass is 19.1. The number of aliphatic hydroxyl groups is 1. The van der Waals surface area contributed by atoms with Crippen molar-refractivity contribution in [3.05, 3.63) is 48.0 Å². The third-order valence-electron chi connectivity index (χ3n) is 5.00. The Labute approximate surface area is 158 Å². The van der Waals surface area contributed by atoms with Crippen molar-refractivity contribution < 1.29 is 19.0 Å². The average Bonchev–Trinajstić information content (AvgIpc) is 3.10. The van der Waals surface area contributed by atoms with Gasteiger partial charge in [0.05, 0.1) is 6.20 Å². The first kappa shape index (κ1) is 19.4. The summed E-state index contributed by atoms with van der Waals surface area (Å²) in [6.07, 6.45) is 7.51. The zero-order chi connectivity index (χ0) is 19.1. The predicted octanol–water partition coefficient (Wildman–Crippen LogP) is 2.69. The summed E-state index contributed by atoms with van der Waals surface area (Å²) in [5, 5.41) is 17.5. The molecule has 6 nitrogen and oxygen atoms in total. The molecule has 0 aliphatic carbocycles. The molecule has 1 aliphatic rings. The summed E-state index contributed by atoms with van der Waals surface area (Å²) in [7, 11) is 0. The number of ether oxygens (including phenoxy) is 1. The first-order valence-corrected chi connectivity index (χ1v) is 9.40. The number of carbonyl (C=O) groups excluding carboxylic acids is 1. The zero-order valence-corrected chi connectivity index (χ0v) is 15.4. The molecule has 27 heavy (non-hydrogen) atoms. The minimum Gasteiger partial charge on any atom is -0.491 e. The summed E-state index contributed by atoms with van der Waals surface area (Å²) < 4.78 is 18.6. The summed E-state index contributed by atoms with van der Waals surface area (Å²) in [5.74, 6) is 0.334. The third kappa shape index (κ3) is 5.79. The Bertz CT molecular complexity index is 721. The first-order valence-electron chi connectivity index (χ1n) is 9.40. The molecule has 1 aliphatic heterocycles. The fraction of sp³-hybridized carbons (Fsp3) is 0.500. The average molecular weight is 375 g/mol. The van der Waals surface area contributed by atoms with Gasteiger partial charge in [0, 0.05) is 25.7 Å². The summed E-state index contributed by atoms with van der Waals surface area (Å²) in [5.41, 5.74) is 0.131. The number of aromatic nitrogens is 2. The standard InChI is InChI=1S/C20H26FN3O3/c21-17-5-7-18(8-6-17)27-15-20(26)9-2-11-24(12-10-20)19(25)4-1-3-16-13-22-23-14-16/h5-8,13-14,26H,1-4,9-12,15H2,(H,22,23). The van der Waals surface area contributed by atoms with Crippen molar-refractivity contribution in [2.24, 2.45) is 0 Å². The van der Waals surface area contributed by atoms with E-state index in [4.69, 9.17) is 4.74 Å². The summed E-state index contributed by atoms with van der Waals surface area (Å²) >= 11 is 0. The molecule has 1 fully saturated rings. The van der Waals surface area contributed by atoms with Gasteiger partial charge in [-0.15, -0.1) is 0 Å². The maximum atomic E-state index is 13.0. The molecule has 1 aromatic carbocycles. The lowest BCUT2D eigenvalue weighted by molar-refractivity contribution is -0.131. The van der Waals surface area contributed by atoms with Crippen LogP contribution in [0.5, 0.6) is 5.75 Å². The van der Waals surface area contributed by atoms with Crippen LogP contribution in [0.25, 0.3) is 0 Å². The lowest BCUT2D eigenvalue weighted by Gasteiger charge is -2.27. The Balaban J connectivity index is 1.44. The van der Waals surface area contributed by atoms with Gasteiger partial charge in [0.25, 0.3) is 0 Å². The summed E-state index contributed by atoms with van der Waals surface area (Å²) in [6.45, 7) is 1.32. The quantitative estimate of drug-likeness (QED) is 0.780. The van der Waals surface area contributed by atoms with Gasteiger partial charge in [-0.3, -0.25) is 9.89 Å². The van der Waals surface area contributed by atoms with Gasteiger partial charge in [-0.1, -0.05) is 0 Å². The van der Waals surface area contributed by atoms with Crippen LogP contribution in [0.1, 0.15) is 37.7 Å². The molecular weight excluding hydrogens is 349 g/mol. The molecule has 3 rings (SSSR count). The van der Waals surface area contributed by atoms with Crippen molar-refractivity contribution in [1.82, 2.24) is 15.1 Å². The molecule has 146 valence electrons. The van der Waals surface area contributed by atoms with Gasteiger partial charge in [0.2, 0.25) is 5.91 Å². The van der Waals surface area contributed by atoms with Crippen LogP contribution in [0.15, 0.2) is 36.7 Å². The van der Waals surface area contributed by atoms with Crippen LogP contribution in [0.4, 0.5) is 4.39 Å². The van der Waals surface area contributed by atoms with Crippen molar-refractivity contribution in [1.29, 1.82) is 0 Å². The monoisotopic (exact) mass is 375 g/mol. The van der Waals surface area contributed by atoms with E-state index in [1.165, 1.54) is 12.1 Å². The van der Waals surface area contributed by atoms with Crippen LogP contribution >= 0.6 is 0 Å². The summed E-state index contributed by atoms with van der Waals surface area (Å²) in [4.78, 5) is 14.3. The van der Waals surface area contributed by atoms with Crippen LogP contribution in [0, 0.1) is 5.82 Å². The lowest BCUT2D eigenvalue weighted by atomic mass is 9.96. The first-order chi connectivity index (χ1) is 13.0. The van der Waals surface area contributed by atoms with E-state index in [0.29, 0.717) is 38.1 Å². The fourth-order valence-corrected chi connectivity index (χ4v) is 3.34. The normalized spacial score (nSPS) is 20.3. The minimum atomic E-state index is -0.972. The second-order valence-electron chi connectivity index (χ2n) is 7.16. The van der Waals surface area contributed by atoms with E-state index in [2.05, 4.69) is 10.2 Å². The van der Waals surface area contributed by atoms with E-state index >= 15 is 0 Å². The van der Waals surface area contributed by atoms with Crippen LogP contribution in [0.3, 0.4) is 0 Å². The van der Waals surface area contributed by atoms with Crippen LogP contribution in [-0.4, -0.2) is 51.4 Å². The maximum absolute atomic E-state index is 13.0. The van der Waals surface area contributed by atoms with E-state index in [1.54, 1.807) is 18.3 Å². The van der Waals surface area contributed by atoms with Gasteiger partial charge in [-0.05, 0) is 61.9 Å². The highest BCUT2D eigenvalue weighted by Gasteiger charge is 2.32. The van der Waals surface area contributed by atoms with Crippen molar-refractivity contribution in [3.8, 4) is 5.75 Å². The zero-order valence-electron chi connectivity index (χ0n) is 15.4. The number of H-pyrrole nitrogens is 1. The van der Waals surface area contributed by atoms with Crippen molar-refractivity contribution in [2.75, 3.05) is 19.7 Å². The molecule has 0 saturated carbocycles. The number of benzene rings is 1. The smallest absolute Gasteiger partial charge is 0.222 e. The van der Waals surface area contributed by atoms with Gasteiger partial charge in [-0.2, -0.15) is 5.10 Å². The number of likely N-dealkylation sites (tertiary alicyclic amines) is 1. The fourth-order valence-electron chi connectivity index (χ4n) is 3.34. The van der Waals surface area contributed by atoms with Gasteiger partial charge >= 0.3 is 0 Å². The molecule has 1 atom stereocenters. The summed E-state index contributed by atoms with van der Waals surface area (Å²) in [6, 6.07) is 5.75. The van der Waals surface area contributed by atoms with Gasteiger partial charge in [0.1, 0.15) is 23.8 Å². The number of carbonyl (C=O) groups is 1. The number of rotatable bonds is 7. The van der Waals surface area contributed by atoms with Crippen LogP contribution in [0.2, 0.25) is 0 Å². The van der Waals surface area contributed by atoms with E-state index in [1.807, 2.05) is 11.1 Å². The van der Waals surface area contributed by atoms with Crippen molar-refractivity contribution >= 4 is 5.91 Å². The van der Waals surface area contributed by atoms with Gasteiger partial charge in [0.15, 0.2) is 0 Å². The molecule has 2 heterocycles. The molecule has 7 heteroatoms. The maximum Gasteiger partial charge on any atom is 0.222 e. The minimum absolute atomic E-state index is 0.127. The molecule has 1 amide bonds. The molecule has 1 unspecified atom stereocenters. The van der Waals surface area contributed by atoms with Gasteiger partial charge < -0.3 is 14.7 Å². The van der Waals surface area contributed by atoms with Crippen molar-refractivity contribution in [3.63, 3.8) is 0 Å². The Morgan fingerprint density at radius 3 is 2.85 bits per heavy atom. The van der Waals surface area contributed by atoms with E-state index in [-0.39, 0.29) is 18.3 Å². The van der Waals surface area contributed by atoms with Crippen LogP contribution in [-0.2, 0) is 11.2 Å². The second kappa shape index (κ2) is 8.99. The van der Waals surface area contributed by atoms with E-state index in [9.17, 15) is 14.3 Å². The predicted molar refractivity (Wildman–Crippen MR) is 98.8 cm³/mol. The molecular formula is C20H26FN3O3.